The maximum absolute atomic E-state index is 12.3. The van der Waals surface area contributed by atoms with E-state index in [0.29, 0.717) is 13.0 Å². The first-order chi connectivity index (χ1) is 9.83. The summed E-state index contributed by atoms with van der Waals surface area (Å²) >= 11 is 0. The molecule has 2 aliphatic heterocycles. The van der Waals surface area contributed by atoms with Crippen molar-refractivity contribution in [1.82, 2.24) is 14.7 Å². The van der Waals surface area contributed by atoms with Crippen LogP contribution in [-0.4, -0.2) is 77.5 Å². The fourth-order valence-corrected chi connectivity index (χ4v) is 2.88. The zero-order chi connectivity index (χ0) is 15.6. The van der Waals surface area contributed by atoms with Crippen molar-refractivity contribution in [3.05, 3.63) is 0 Å². The van der Waals surface area contributed by atoms with E-state index in [1.165, 1.54) is 9.80 Å². The Bertz CT molecular complexity index is 448. The van der Waals surface area contributed by atoms with Gasteiger partial charge in [-0.05, 0) is 26.2 Å². The van der Waals surface area contributed by atoms with Gasteiger partial charge in [0.25, 0.3) is 0 Å². The fourth-order valence-electron chi connectivity index (χ4n) is 2.88. The molecule has 3 amide bonds. The van der Waals surface area contributed by atoms with Gasteiger partial charge in [0.15, 0.2) is 0 Å². The minimum absolute atomic E-state index is 0.0384. The van der Waals surface area contributed by atoms with Gasteiger partial charge in [0.1, 0.15) is 6.54 Å². The summed E-state index contributed by atoms with van der Waals surface area (Å²) in [6, 6.07) is -0.271. The summed E-state index contributed by atoms with van der Waals surface area (Å²) < 4.78 is 0. The summed E-state index contributed by atoms with van der Waals surface area (Å²) in [5.41, 5.74) is -0.880. The molecular weight excluding hydrogens is 274 g/mol. The Hall–Kier alpha value is -1.79. The predicted octanol–water partition coefficient (Wildman–Crippen LogP) is 0.457. The van der Waals surface area contributed by atoms with Crippen LogP contribution in [0.1, 0.15) is 26.2 Å². The van der Waals surface area contributed by atoms with Crippen LogP contribution in [0.15, 0.2) is 0 Å². The van der Waals surface area contributed by atoms with Crippen LogP contribution in [0.5, 0.6) is 0 Å². The lowest BCUT2D eigenvalue weighted by molar-refractivity contribution is -0.147. The number of carboxylic acid groups (broad SMARTS) is 1. The van der Waals surface area contributed by atoms with Crippen molar-refractivity contribution in [2.75, 3.05) is 39.8 Å². The van der Waals surface area contributed by atoms with Crippen LogP contribution in [0, 0.1) is 5.41 Å². The Balaban J connectivity index is 1.88. The summed E-state index contributed by atoms with van der Waals surface area (Å²) in [4.78, 5) is 40.2. The molecule has 7 heteroatoms. The smallest absolute Gasteiger partial charge is 0.320 e. The molecule has 2 fully saturated rings. The highest BCUT2D eigenvalue weighted by atomic mass is 16.4. The minimum Gasteiger partial charge on any atom is -0.481 e. The van der Waals surface area contributed by atoms with Gasteiger partial charge in [0.2, 0.25) is 5.91 Å². The molecule has 2 heterocycles. The number of rotatable bonds is 3. The highest BCUT2D eigenvalue weighted by Gasteiger charge is 2.42. The summed E-state index contributed by atoms with van der Waals surface area (Å²) in [6.07, 6.45) is 2.49. The second-order valence-electron chi connectivity index (χ2n) is 6.26. The lowest BCUT2D eigenvalue weighted by Gasteiger charge is -2.27. The van der Waals surface area contributed by atoms with E-state index in [4.69, 9.17) is 0 Å². The Labute approximate surface area is 124 Å². The second kappa shape index (κ2) is 5.91. The molecular formula is C14H23N3O4. The third kappa shape index (κ3) is 3.28. The van der Waals surface area contributed by atoms with Gasteiger partial charge in [-0.1, -0.05) is 0 Å². The van der Waals surface area contributed by atoms with Gasteiger partial charge < -0.3 is 19.8 Å². The largest absolute Gasteiger partial charge is 0.481 e. The third-order valence-corrected chi connectivity index (χ3v) is 4.42. The van der Waals surface area contributed by atoms with Crippen LogP contribution in [-0.2, 0) is 9.59 Å². The van der Waals surface area contributed by atoms with Crippen molar-refractivity contribution < 1.29 is 19.5 Å². The van der Waals surface area contributed by atoms with Crippen LogP contribution in [0.3, 0.4) is 0 Å². The number of hydrogen-bond acceptors (Lipinski definition) is 3. The Kier molecular flexibility index (Phi) is 4.39. The van der Waals surface area contributed by atoms with E-state index in [1.807, 2.05) is 0 Å². The normalized spacial score (nSPS) is 25.2. The average Bonchev–Trinajstić information content (AvgIpc) is 3.07. The van der Waals surface area contributed by atoms with E-state index >= 15 is 0 Å². The second-order valence-corrected chi connectivity index (χ2v) is 6.26. The standard InChI is InChI=1S/C14H23N3O4/c1-14(12(19)20)5-8-17(10-14)13(21)15(2)9-11(18)16-6-3-4-7-16/h3-10H2,1-2H3,(H,19,20). The number of amides is 3. The van der Waals surface area contributed by atoms with Crippen LogP contribution in [0.4, 0.5) is 4.79 Å². The fraction of sp³-hybridized carbons (Fsp3) is 0.786. The molecule has 0 aromatic heterocycles. The number of urea groups is 1. The van der Waals surface area contributed by atoms with Crippen molar-refractivity contribution in [1.29, 1.82) is 0 Å². The van der Waals surface area contributed by atoms with Crippen LogP contribution in [0.2, 0.25) is 0 Å². The lowest BCUT2D eigenvalue weighted by Crippen LogP contribution is -2.46. The summed E-state index contributed by atoms with van der Waals surface area (Å²) in [7, 11) is 1.59. The molecule has 0 radical (unpaired) electrons. The Morgan fingerprint density at radius 3 is 2.29 bits per heavy atom. The predicted molar refractivity (Wildman–Crippen MR) is 75.8 cm³/mol. The zero-order valence-corrected chi connectivity index (χ0v) is 12.7. The topological polar surface area (TPSA) is 81.2 Å². The van der Waals surface area contributed by atoms with Crippen molar-refractivity contribution in [2.45, 2.75) is 26.2 Å². The molecule has 1 atom stereocenters. The van der Waals surface area contributed by atoms with Gasteiger partial charge in [-0.3, -0.25) is 9.59 Å². The van der Waals surface area contributed by atoms with E-state index in [2.05, 4.69) is 0 Å². The first-order valence-electron chi connectivity index (χ1n) is 7.35. The van der Waals surface area contributed by atoms with Gasteiger partial charge >= 0.3 is 12.0 Å². The molecule has 2 saturated heterocycles. The summed E-state index contributed by atoms with van der Waals surface area (Å²) in [5, 5.41) is 9.19. The van der Waals surface area contributed by atoms with Gasteiger partial charge in [0.05, 0.1) is 5.41 Å². The monoisotopic (exact) mass is 297 g/mol. The highest BCUT2D eigenvalue weighted by molar-refractivity contribution is 5.85. The van der Waals surface area contributed by atoms with Crippen molar-refractivity contribution in [2.24, 2.45) is 5.41 Å². The molecule has 118 valence electrons. The van der Waals surface area contributed by atoms with Crippen molar-refractivity contribution in [3.63, 3.8) is 0 Å². The molecule has 0 aromatic carbocycles. The molecule has 0 aromatic rings. The van der Waals surface area contributed by atoms with E-state index in [-0.39, 0.29) is 25.0 Å². The van der Waals surface area contributed by atoms with Crippen molar-refractivity contribution >= 4 is 17.9 Å². The molecule has 0 spiro atoms. The van der Waals surface area contributed by atoms with Gasteiger partial charge in [0, 0.05) is 33.2 Å². The van der Waals surface area contributed by atoms with Crippen LogP contribution < -0.4 is 0 Å². The molecule has 1 unspecified atom stereocenters. The van der Waals surface area contributed by atoms with E-state index in [1.54, 1.807) is 18.9 Å². The molecule has 21 heavy (non-hydrogen) atoms. The van der Waals surface area contributed by atoms with E-state index < -0.39 is 11.4 Å². The first kappa shape index (κ1) is 15.6. The minimum atomic E-state index is -0.881. The number of carbonyl (C=O) groups is 3. The van der Waals surface area contributed by atoms with Crippen LogP contribution in [0.25, 0.3) is 0 Å². The number of aliphatic carboxylic acids is 1. The zero-order valence-electron chi connectivity index (χ0n) is 12.7. The molecule has 7 nitrogen and oxygen atoms in total. The SMILES string of the molecule is CN(CC(=O)N1CCCC1)C(=O)N1CCC(C)(C(=O)O)C1. The average molecular weight is 297 g/mol. The first-order valence-corrected chi connectivity index (χ1v) is 7.35. The molecule has 0 saturated carbocycles. The maximum atomic E-state index is 12.3. The number of carbonyl (C=O) groups excluding carboxylic acids is 2. The van der Waals surface area contributed by atoms with Gasteiger partial charge in [-0.25, -0.2) is 4.79 Å². The van der Waals surface area contributed by atoms with Crippen LogP contribution >= 0.6 is 0 Å². The summed E-state index contributed by atoms with van der Waals surface area (Å²) in [6.45, 7) is 3.85. The Morgan fingerprint density at radius 2 is 1.76 bits per heavy atom. The summed E-state index contributed by atoms with van der Waals surface area (Å²) in [5.74, 6) is -0.919. The number of likely N-dealkylation sites (tertiary alicyclic amines) is 2. The molecule has 0 aliphatic carbocycles. The molecule has 2 aliphatic rings. The van der Waals surface area contributed by atoms with Gasteiger partial charge in [-0.15, -0.1) is 0 Å². The number of likely N-dealkylation sites (N-methyl/N-ethyl adjacent to an activating group) is 1. The Morgan fingerprint density at radius 1 is 1.14 bits per heavy atom. The lowest BCUT2D eigenvalue weighted by atomic mass is 9.90. The number of nitrogens with zero attached hydrogens (tertiary/aromatic N) is 3. The maximum Gasteiger partial charge on any atom is 0.320 e. The van der Waals surface area contributed by atoms with E-state index in [0.717, 1.165) is 25.9 Å². The third-order valence-electron chi connectivity index (χ3n) is 4.42. The number of hydrogen-bond donors (Lipinski definition) is 1. The van der Waals surface area contributed by atoms with Crippen molar-refractivity contribution in [3.8, 4) is 0 Å². The quantitative estimate of drug-likeness (QED) is 0.820. The van der Waals surface area contributed by atoms with E-state index in [9.17, 15) is 19.5 Å². The van der Waals surface area contributed by atoms with Gasteiger partial charge in [-0.2, -0.15) is 0 Å². The highest BCUT2D eigenvalue weighted by Crippen LogP contribution is 2.30. The molecule has 0 bridgehead atoms. The molecule has 1 N–H and O–H groups in total. The molecule has 2 rings (SSSR count). The number of carboxylic acids is 1.